The standard InChI is InChI=1S/C26H28N4O2S.2ClH/c1-2-30-25-14-13-22(29-17-15-28(16-18-29)20-21-9-5-3-6-10-21)19-24(25)26(27-30)33(31,32)23-11-7-4-8-12-23;;/h3-14,19H,2,15-18,20H2,1H3;2*1H. The lowest BCUT2D eigenvalue weighted by atomic mass is 10.1. The Morgan fingerprint density at radius 3 is 2.09 bits per heavy atom. The van der Waals surface area contributed by atoms with Gasteiger partial charge in [0.2, 0.25) is 9.84 Å². The zero-order valence-corrected chi connectivity index (χ0v) is 22.0. The number of aromatic nitrogens is 2. The van der Waals surface area contributed by atoms with Crippen LogP contribution in [0.25, 0.3) is 10.9 Å². The second kappa shape index (κ2) is 11.4. The summed E-state index contributed by atoms with van der Waals surface area (Å²) in [5.74, 6) is 0. The van der Waals surface area contributed by atoms with E-state index in [2.05, 4.69) is 45.2 Å². The molecule has 0 unspecified atom stereocenters. The molecule has 0 bridgehead atoms. The number of halogens is 2. The molecule has 1 aliphatic heterocycles. The number of piperazine rings is 1. The van der Waals surface area contributed by atoms with Crippen LogP contribution >= 0.6 is 24.8 Å². The van der Waals surface area contributed by atoms with Gasteiger partial charge in [-0.2, -0.15) is 5.10 Å². The van der Waals surface area contributed by atoms with Gasteiger partial charge in [-0.3, -0.25) is 9.58 Å². The minimum atomic E-state index is -3.70. The Kier molecular flexibility index (Phi) is 8.83. The summed E-state index contributed by atoms with van der Waals surface area (Å²) in [7, 11) is -3.70. The molecule has 2 heterocycles. The minimum absolute atomic E-state index is 0. The normalized spacial score (nSPS) is 14.4. The summed E-state index contributed by atoms with van der Waals surface area (Å²) in [6.45, 7) is 7.29. The first-order valence-electron chi connectivity index (χ1n) is 11.4. The van der Waals surface area contributed by atoms with Crippen molar-refractivity contribution in [3.8, 4) is 0 Å². The van der Waals surface area contributed by atoms with Crippen molar-refractivity contribution in [3.63, 3.8) is 0 Å². The molecule has 186 valence electrons. The monoisotopic (exact) mass is 532 g/mol. The van der Waals surface area contributed by atoms with Gasteiger partial charge in [-0.15, -0.1) is 24.8 Å². The van der Waals surface area contributed by atoms with Crippen LogP contribution in [-0.4, -0.2) is 49.3 Å². The van der Waals surface area contributed by atoms with Crippen LogP contribution in [0.5, 0.6) is 0 Å². The second-order valence-corrected chi connectivity index (χ2v) is 10.3. The van der Waals surface area contributed by atoms with E-state index in [4.69, 9.17) is 0 Å². The molecular weight excluding hydrogens is 503 g/mol. The van der Waals surface area contributed by atoms with Crippen molar-refractivity contribution in [1.29, 1.82) is 0 Å². The van der Waals surface area contributed by atoms with E-state index >= 15 is 0 Å². The summed E-state index contributed by atoms with van der Waals surface area (Å²) in [5, 5.41) is 5.32. The Labute approximate surface area is 219 Å². The molecule has 35 heavy (non-hydrogen) atoms. The Hall–Kier alpha value is -2.58. The number of anilines is 1. The number of fused-ring (bicyclic) bond motifs is 1. The molecule has 6 nitrogen and oxygen atoms in total. The summed E-state index contributed by atoms with van der Waals surface area (Å²) < 4.78 is 28.5. The summed E-state index contributed by atoms with van der Waals surface area (Å²) in [5.41, 5.74) is 3.22. The molecule has 0 atom stereocenters. The van der Waals surface area contributed by atoms with Crippen LogP contribution in [0.15, 0.2) is 88.8 Å². The van der Waals surface area contributed by atoms with Crippen LogP contribution in [0.3, 0.4) is 0 Å². The zero-order chi connectivity index (χ0) is 22.8. The molecule has 1 aromatic heterocycles. The zero-order valence-electron chi connectivity index (χ0n) is 19.6. The molecule has 0 N–H and O–H groups in total. The van der Waals surface area contributed by atoms with Gasteiger partial charge in [-0.05, 0) is 42.8 Å². The largest absolute Gasteiger partial charge is 0.369 e. The van der Waals surface area contributed by atoms with Gasteiger partial charge in [0.05, 0.1) is 10.4 Å². The lowest BCUT2D eigenvalue weighted by molar-refractivity contribution is 0.250. The molecule has 1 fully saturated rings. The van der Waals surface area contributed by atoms with Crippen molar-refractivity contribution in [3.05, 3.63) is 84.4 Å². The summed E-state index contributed by atoms with van der Waals surface area (Å²) >= 11 is 0. The van der Waals surface area contributed by atoms with Crippen LogP contribution in [0.2, 0.25) is 0 Å². The number of hydrogen-bond acceptors (Lipinski definition) is 5. The van der Waals surface area contributed by atoms with Crippen molar-refractivity contribution in [1.82, 2.24) is 14.7 Å². The fraction of sp³-hybridized carbons (Fsp3) is 0.269. The van der Waals surface area contributed by atoms with Gasteiger partial charge in [0.1, 0.15) is 0 Å². The highest BCUT2D eigenvalue weighted by molar-refractivity contribution is 7.91. The lowest BCUT2D eigenvalue weighted by Crippen LogP contribution is -2.45. The van der Waals surface area contributed by atoms with Gasteiger partial charge in [0, 0.05) is 50.3 Å². The summed E-state index contributed by atoms with van der Waals surface area (Å²) in [4.78, 5) is 5.07. The third-order valence-electron chi connectivity index (χ3n) is 6.29. The topological polar surface area (TPSA) is 58.4 Å². The van der Waals surface area contributed by atoms with E-state index in [-0.39, 0.29) is 34.7 Å². The number of hydrogen-bond donors (Lipinski definition) is 0. The van der Waals surface area contributed by atoms with E-state index in [1.807, 2.05) is 31.2 Å². The fourth-order valence-corrected chi connectivity index (χ4v) is 5.89. The maximum Gasteiger partial charge on any atom is 0.226 e. The first-order valence-corrected chi connectivity index (χ1v) is 12.9. The third kappa shape index (κ3) is 5.48. The number of rotatable bonds is 6. The first kappa shape index (κ1) is 27.0. The van der Waals surface area contributed by atoms with Crippen LogP contribution in [0, 0.1) is 0 Å². The van der Waals surface area contributed by atoms with Crippen LogP contribution < -0.4 is 4.90 Å². The Balaban J connectivity index is 0.00000171. The van der Waals surface area contributed by atoms with Crippen LogP contribution in [0.1, 0.15) is 12.5 Å². The van der Waals surface area contributed by atoms with Crippen molar-refractivity contribution in [2.45, 2.75) is 29.9 Å². The van der Waals surface area contributed by atoms with Gasteiger partial charge in [0.15, 0.2) is 5.03 Å². The summed E-state index contributed by atoms with van der Waals surface area (Å²) in [6.07, 6.45) is 0. The number of benzene rings is 3. The Bertz CT molecular complexity index is 1350. The van der Waals surface area contributed by atoms with E-state index in [0.29, 0.717) is 11.9 Å². The van der Waals surface area contributed by atoms with Gasteiger partial charge >= 0.3 is 0 Å². The number of sulfone groups is 1. The number of aryl methyl sites for hydroxylation is 1. The molecule has 3 aromatic carbocycles. The maximum atomic E-state index is 13.4. The third-order valence-corrected chi connectivity index (χ3v) is 8.00. The molecule has 0 amide bonds. The maximum absolute atomic E-state index is 13.4. The quantitative estimate of drug-likeness (QED) is 0.347. The van der Waals surface area contributed by atoms with E-state index in [9.17, 15) is 8.42 Å². The minimum Gasteiger partial charge on any atom is -0.369 e. The average molecular weight is 534 g/mol. The molecule has 9 heteroatoms. The van der Waals surface area contributed by atoms with Crippen LogP contribution in [-0.2, 0) is 22.9 Å². The van der Waals surface area contributed by atoms with Crippen molar-refractivity contribution in [2.75, 3.05) is 31.1 Å². The van der Waals surface area contributed by atoms with E-state index in [1.165, 1.54) is 5.56 Å². The molecule has 1 saturated heterocycles. The lowest BCUT2D eigenvalue weighted by Gasteiger charge is -2.36. The fourth-order valence-electron chi connectivity index (χ4n) is 4.49. The second-order valence-electron chi connectivity index (χ2n) is 8.39. The van der Waals surface area contributed by atoms with Gasteiger partial charge in [0.25, 0.3) is 0 Å². The summed E-state index contributed by atoms with van der Waals surface area (Å²) in [6, 6.07) is 25.2. The smallest absolute Gasteiger partial charge is 0.226 e. The van der Waals surface area contributed by atoms with Gasteiger partial charge in [-0.1, -0.05) is 48.5 Å². The van der Waals surface area contributed by atoms with Gasteiger partial charge < -0.3 is 4.90 Å². The Morgan fingerprint density at radius 1 is 0.829 bits per heavy atom. The van der Waals surface area contributed by atoms with E-state index < -0.39 is 9.84 Å². The molecule has 0 saturated carbocycles. The average Bonchev–Trinajstić information content (AvgIpc) is 3.24. The molecule has 0 spiro atoms. The van der Waals surface area contributed by atoms with Crippen molar-refractivity contribution >= 4 is 51.2 Å². The molecule has 1 aliphatic rings. The van der Waals surface area contributed by atoms with Crippen molar-refractivity contribution in [2.24, 2.45) is 0 Å². The highest BCUT2D eigenvalue weighted by Crippen LogP contribution is 2.31. The van der Waals surface area contributed by atoms with Crippen molar-refractivity contribution < 1.29 is 8.42 Å². The number of nitrogens with zero attached hydrogens (tertiary/aromatic N) is 4. The predicted octanol–water partition coefficient (Wildman–Crippen LogP) is 5.05. The molecule has 4 aromatic rings. The highest BCUT2D eigenvalue weighted by Gasteiger charge is 2.26. The van der Waals surface area contributed by atoms with Crippen LogP contribution in [0.4, 0.5) is 5.69 Å². The predicted molar refractivity (Wildman–Crippen MR) is 146 cm³/mol. The highest BCUT2D eigenvalue weighted by atomic mass is 35.5. The molecule has 0 radical (unpaired) electrons. The van der Waals surface area contributed by atoms with E-state index in [0.717, 1.165) is 43.9 Å². The van der Waals surface area contributed by atoms with E-state index in [1.54, 1.807) is 28.9 Å². The first-order chi connectivity index (χ1) is 16.1. The Morgan fingerprint density at radius 2 is 1.46 bits per heavy atom. The SMILES string of the molecule is CCn1nc(S(=O)(=O)c2ccccc2)c2cc(N3CCN(Cc4ccccc4)CC3)ccc21.Cl.Cl. The van der Waals surface area contributed by atoms with Gasteiger partial charge in [-0.25, -0.2) is 8.42 Å². The molecule has 5 rings (SSSR count). The molecule has 0 aliphatic carbocycles. The molecular formula is C26H30Cl2N4O2S.